The van der Waals surface area contributed by atoms with Gasteiger partial charge in [-0.05, 0) is 24.5 Å². The molecule has 0 spiro atoms. The van der Waals surface area contributed by atoms with Crippen LogP contribution in [0.15, 0.2) is 23.1 Å². The highest BCUT2D eigenvalue weighted by Gasteiger charge is 2.20. The van der Waals surface area contributed by atoms with Crippen LogP contribution in [-0.2, 0) is 14.8 Å². The van der Waals surface area contributed by atoms with Crippen molar-refractivity contribution in [3.63, 3.8) is 0 Å². The third kappa shape index (κ3) is 5.58. The molecule has 4 nitrogen and oxygen atoms in total. The second-order valence-electron chi connectivity index (χ2n) is 4.77. The molecule has 0 amide bonds. The average Bonchev–Trinajstić information content (AvgIpc) is 2.32. The molecule has 0 heterocycles. The van der Waals surface area contributed by atoms with Crippen molar-refractivity contribution in [2.45, 2.75) is 25.2 Å². The summed E-state index contributed by atoms with van der Waals surface area (Å²) in [6, 6.07) is 4.59. The summed E-state index contributed by atoms with van der Waals surface area (Å²) >= 11 is 11.8. The number of hydrogen-bond acceptors (Lipinski definition) is 3. The minimum absolute atomic E-state index is 0.0774. The van der Waals surface area contributed by atoms with Crippen molar-refractivity contribution in [2.24, 2.45) is 5.92 Å². The van der Waals surface area contributed by atoms with E-state index in [4.69, 9.17) is 27.9 Å². The van der Waals surface area contributed by atoms with Gasteiger partial charge in [0.1, 0.15) is 4.90 Å². The predicted molar refractivity (Wildman–Crippen MR) is 81.9 cm³/mol. The molecule has 0 unspecified atom stereocenters. The van der Waals surface area contributed by atoms with Crippen LogP contribution in [0.4, 0.5) is 0 Å². The largest absolute Gasteiger partial charge is 0.381 e. The third-order valence-corrected chi connectivity index (χ3v) is 4.81. The fourth-order valence-corrected chi connectivity index (χ4v) is 3.73. The molecule has 0 atom stereocenters. The van der Waals surface area contributed by atoms with Gasteiger partial charge in [-0.1, -0.05) is 43.1 Å². The zero-order valence-corrected chi connectivity index (χ0v) is 13.9. The van der Waals surface area contributed by atoms with E-state index in [2.05, 4.69) is 18.6 Å². The summed E-state index contributed by atoms with van der Waals surface area (Å²) in [6.07, 6.45) is 0.591. The van der Waals surface area contributed by atoms with Crippen LogP contribution in [0.25, 0.3) is 0 Å². The zero-order valence-electron chi connectivity index (χ0n) is 11.5. The number of hydrogen-bond donors (Lipinski definition) is 1. The first-order valence-electron chi connectivity index (χ1n) is 6.36. The average molecular weight is 340 g/mol. The summed E-state index contributed by atoms with van der Waals surface area (Å²) in [6.45, 7) is 5.58. The van der Waals surface area contributed by atoms with E-state index in [0.29, 0.717) is 25.6 Å². The predicted octanol–water partition coefficient (Wildman–Crippen LogP) is 3.33. The van der Waals surface area contributed by atoms with Gasteiger partial charge in [0.05, 0.1) is 10.0 Å². The highest BCUT2D eigenvalue weighted by Crippen LogP contribution is 2.28. The van der Waals surface area contributed by atoms with E-state index >= 15 is 0 Å². The highest BCUT2D eigenvalue weighted by molar-refractivity contribution is 7.89. The van der Waals surface area contributed by atoms with Gasteiger partial charge in [-0.15, -0.1) is 0 Å². The van der Waals surface area contributed by atoms with E-state index < -0.39 is 10.0 Å². The lowest BCUT2D eigenvalue weighted by Gasteiger charge is -2.10. The molecule has 0 bridgehead atoms. The molecule has 20 heavy (non-hydrogen) atoms. The fourth-order valence-electron chi connectivity index (χ4n) is 1.51. The Morgan fingerprint density at radius 3 is 2.40 bits per heavy atom. The normalized spacial score (nSPS) is 12.1. The van der Waals surface area contributed by atoms with Crippen molar-refractivity contribution < 1.29 is 13.2 Å². The minimum atomic E-state index is -3.69. The van der Waals surface area contributed by atoms with Crippen LogP contribution in [0, 0.1) is 5.92 Å². The first-order chi connectivity index (χ1) is 9.34. The maximum absolute atomic E-state index is 12.1. The van der Waals surface area contributed by atoms with Crippen molar-refractivity contribution in [2.75, 3.05) is 19.8 Å². The van der Waals surface area contributed by atoms with E-state index in [-0.39, 0.29) is 21.5 Å². The topological polar surface area (TPSA) is 55.4 Å². The van der Waals surface area contributed by atoms with Crippen LogP contribution in [0.3, 0.4) is 0 Å². The molecule has 0 fully saturated rings. The van der Waals surface area contributed by atoms with E-state index in [0.717, 1.165) is 0 Å². The van der Waals surface area contributed by atoms with Crippen molar-refractivity contribution in [3.05, 3.63) is 28.2 Å². The van der Waals surface area contributed by atoms with Crippen molar-refractivity contribution in [1.82, 2.24) is 4.72 Å². The number of benzene rings is 1. The summed E-state index contributed by atoms with van der Waals surface area (Å²) in [5, 5.41) is 0.224. The SMILES string of the molecule is CC(C)COCCCNS(=O)(=O)c1c(Cl)cccc1Cl. The Bertz CT molecular complexity index is 512. The second-order valence-corrected chi connectivity index (χ2v) is 7.29. The minimum Gasteiger partial charge on any atom is -0.381 e. The van der Waals surface area contributed by atoms with Crippen LogP contribution in [0.2, 0.25) is 10.0 Å². The van der Waals surface area contributed by atoms with Crippen LogP contribution >= 0.6 is 23.2 Å². The molecule has 7 heteroatoms. The lowest BCUT2D eigenvalue weighted by molar-refractivity contribution is 0.108. The van der Waals surface area contributed by atoms with Gasteiger partial charge in [-0.25, -0.2) is 13.1 Å². The number of halogens is 2. The Kier molecular flexibility index (Phi) is 7.26. The molecule has 1 N–H and O–H groups in total. The molecule has 0 aliphatic heterocycles. The van der Waals surface area contributed by atoms with Gasteiger partial charge in [0.15, 0.2) is 0 Å². The van der Waals surface area contributed by atoms with Crippen LogP contribution < -0.4 is 4.72 Å². The van der Waals surface area contributed by atoms with Gasteiger partial charge in [0, 0.05) is 19.8 Å². The maximum Gasteiger partial charge on any atom is 0.243 e. The molecule has 0 aliphatic carbocycles. The van der Waals surface area contributed by atoms with E-state index in [9.17, 15) is 8.42 Å². The number of rotatable bonds is 8. The molecule has 0 saturated carbocycles. The van der Waals surface area contributed by atoms with Gasteiger partial charge in [-0.2, -0.15) is 0 Å². The second kappa shape index (κ2) is 8.20. The summed E-state index contributed by atoms with van der Waals surface area (Å²) in [5.41, 5.74) is 0. The van der Waals surface area contributed by atoms with E-state index in [1.54, 1.807) is 6.07 Å². The van der Waals surface area contributed by atoms with E-state index in [1.165, 1.54) is 12.1 Å². The number of nitrogens with one attached hydrogen (secondary N) is 1. The Morgan fingerprint density at radius 2 is 1.85 bits per heavy atom. The Hall–Kier alpha value is -0.330. The fraction of sp³-hybridized carbons (Fsp3) is 0.538. The maximum atomic E-state index is 12.1. The molecule has 0 radical (unpaired) electrons. The summed E-state index contributed by atoms with van der Waals surface area (Å²) < 4.78 is 32.0. The van der Waals surface area contributed by atoms with Crippen molar-refractivity contribution in [3.8, 4) is 0 Å². The highest BCUT2D eigenvalue weighted by atomic mass is 35.5. The van der Waals surface area contributed by atoms with Gasteiger partial charge in [0.25, 0.3) is 0 Å². The first-order valence-corrected chi connectivity index (χ1v) is 8.60. The summed E-state index contributed by atoms with van der Waals surface area (Å²) in [5.74, 6) is 0.466. The first kappa shape index (κ1) is 17.7. The molecular formula is C13H19Cl2NO3S. The molecule has 0 aromatic heterocycles. The van der Waals surface area contributed by atoms with Gasteiger partial charge in [-0.3, -0.25) is 0 Å². The van der Waals surface area contributed by atoms with Gasteiger partial charge >= 0.3 is 0 Å². The summed E-state index contributed by atoms with van der Waals surface area (Å²) in [4.78, 5) is -0.0774. The lowest BCUT2D eigenvalue weighted by atomic mass is 10.2. The number of sulfonamides is 1. The van der Waals surface area contributed by atoms with Crippen LogP contribution in [0.1, 0.15) is 20.3 Å². The summed E-state index contributed by atoms with van der Waals surface area (Å²) in [7, 11) is -3.69. The molecule has 0 saturated heterocycles. The van der Waals surface area contributed by atoms with Gasteiger partial charge in [0.2, 0.25) is 10.0 Å². The lowest BCUT2D eigenvalue weighted by Crippen LogP contribution is -2.26. The molecule has 0 aliphatic rings. The molecule has 1 aromatic carbocycles. The third-order valence-electron chi connectivity index (χ3n) is 2.40. The molecule has 1 rings (SSSR count). The van der Waals surface area contributed by atoms with Crippen molar-refractivity contribution >= 4 is 33.2 Å². The number of ether oxygens (including phenoxy) is 1. The Labute approximate surface area is 130 Å². The van der Waals surface area contributed by atoms with Crippen LogP contribution in [-0.4, -0.2) is 28.2 Å². The van der Waals surface area contributed by atoms with Crippen molar-refractivity contribution in [1.29, 1.82) is 0 Å². The smallest absolute Gasteiger partial charge is 0.243 e. The Morgan fingerprint density at radius 1 is 1.25 bits per heavy atom. The Balaban J connectivity index is 2.50. The van der Waals surface area contributed by atoms with E-state index in [1.807, 2.05) is 0 Å². The quantitative estimate of drug-likeness (QED) is 0.739. The zero-order chi connectivity index (χ0) is 15.2. The standard InChI is InChI=1S/C13H19Cl2NO3S/c1-10(2)9-19-8-4-7-16-20(17,18)13-11(14)5-3-6-12(13)15/h3,5-6,10,16H,4,7-9H2,1-2H3. The molecular weight excluding hydrogens is 321 g/mol. The van der Waals surface area contributed by atoms with Gasteiger partial charge < -0.3 is 4.74 Å². The monoisotopic (exact) mass is 339 g/mol. The van der Waals surface area contributed by atoms with Crippen LogP contribution in [0.5, 0.6) is 0 Å². The molecule has 1 aromatic rings. The molecule has 114 valence electrons.